The number of rotatable bonds is 3. The Bertz CT molecular complexity index is 428. The van der Waals surface area contributed by atoms with Crippen molar-refractivity contribution in [2.75, 3.05) is 18.0 Å². The van der Waals surface area contributed by atoms with Crippen LogP contribution in [0.5, 0.6) is 0 Å². The summed E-state index contributed by atoms with van der Waals surface area (Å²) in [6.07, 6.45) is 6.51. The van der Waals surface area contributed by atoms with E-state index in [1.54, 1.807) is 0 Å². The normalized spacial score (nSPS) is 21.1. The third-order valence-electron chi connectivity index (χ3n) is 4.67. The van der Waals surface area contributed by atoms with Crippen molar-refractivity contribution in [2.24, 2.45) is 0 Å². The zero-order chi connectivity index (χ0) is 14.8. The first-order chi connectivity index (χ1) is 9.29. The Kier molecular flexibility index (Phi) is 4.54. The molecule has 0 spiro atoms. The molecule has 1 saturated heterocycles. The van der Waals surface area contributed by atoms with E-state index < -0.39 is 8.32 Å². The van der Waals surface area contributed by atoms with E-state index >= 15 is 0 Å². The van der Waals surface area contributed by atoms with Crippen molar-refractivity contribution in [2.45, 2.75) is 57.8 Å². The molecule has 2 rings (SSSR count). The van der Waals surface area contributed by atoms with Crippen LogP contribution in [0.2, 0.25) is 18.1 Å². The molecule has 1 aliphatic rings. The number of aromatic nitrogens is 1. The van der Waals surface area contributed by atoms with Gasteiger partial charge in [0.1, 0.15) is 0 Å². The molecule has 0 saturated carbocycles. The van der Waals surface area contributed by atoms with Crippen LogP contribution in [0.15, 0.2) is 24.5 Å². The highest BCUT2D eigenvalue weighted by Crippen LogP contribution is 2.38. The van der Waals surface area contributed by atoms with Crippen LogP contribution in [0.1, 0.15) is 33.6 Å². The average Bonchev–Trinajstić information content (AvgIpc) is 2.38. The van der Waals surface area contributed by atoms with Crippen LogP contribution in [0.3, 0.4) is 0 Å². The lowest BCUT2D eigenvalue weighted by atomic mass is 10.1. The summed E-state index contributed by atoms with van der Waals surface area (Å²) >= 11 is 0. The minimum absolute atomic E-state index is 0.284. The third kappa shape index (κ3) is 3.61. The summed E-state index contributed by atoms with van der Waals surface area (Å²) in [5, 5.41) is 0.284. The molecule has 2 heterocycles. The highest BCUT2D eigenvalue weighted by Gasteiger charge is 2.39. The summed E-state index contributed by atoms with van der Waals surface area (Å²) < 4.78 is 6.58. The van der Waals surface area contributed by atoms with Crippen LogP contribution >= 0.6 is 0 Å². The summed E-state index contributed by atoms with van der Waals surface area (Å²) in [5.41, 5.74) is 1.27. The Morgan fingerprint density at radius 2 is 1.90 bits per heavy atom. The summed E-state index contributed by atoms with van der Waals surface area (Å²) in [5.74, 6) is 0. The minimum atomic E-state index is -1.66. The molecule has 0 N–H and O–H groups in total. The van der Waals surface area contributed by atoms with Crippen molar-refractivity contribution < 1.29 is 4.43 Å². The molecule has 112 valence electrons. The van der Waals surface area contributed by atoms with Crippen LogP contribution in [0, 0.1) is 0 Å². The molecule has 20 heavy (non-hydrogen) atoms. The van der Waals surface area contributed by atoms with Crippen molar-refractivity contribution in [1.82, 2.24) is 4.98 Å². The number of hydrogen-bond acceptors (Lipinski definition) is 3. The number of piperidine rings is 1. The second-order valence-electron chi connectivity index (χ2n) is 7.29. The van der Waals surface area contributed by atoms with E-state index in [1.807, 2.05) is 12.4 Å². The summed E-state index contributed by atoms with van der Waals surface area (Å²) in [6, 6.07) is 4.18. The first-order valence-corrected chi connectivity index (χ1v) is 10.5. The van der Waals surface area contributed by atoms with Crippen molar-refractivity contribution in [3.8, 4) is 0 Å². The zero-order valence-electron chi connectivity index (χ0n) is 13.5. The maximum absolute atomic E-state index is 6.58. The molecular formula is C16H28N2OSi. The van der Waals surface area contributed by atoms with Gasteiger partial charge in [-0.1, -0.05) is 20.8 Å². The molecule has 1 fully saturated rings. The number of pyridine rings is 1. The van der Waals surface area contributed by atoms with E-state index in [-0.39, 0.29) is 5.04 Å². The van der Waals surface area contributed by atoms with Crippen molar-refractivity contribution >= 4 is 14.0 Å². The van der Waals surface area contributed by atoms with E-state index in [4.69, 9.17) is 4.43 Å². The van der Waals surface area contributed by atoms with Crippen LogP contribution in [-0.4, -0.2) is 32.5 Å². The number of nitrogens with zero attached hydrogens (tertiary/aromatic N) is 2. The third-order valence-corrected chi connectivity index (χ3v) is 9.21. The van der Waals surface area contributed by atoms with Crippen LogP contribution in [0.4, 0.5) is 5.69 Å². The van der Waals surface area contributed by atoms with Crippen molar-refractivity contribution in [3.63, 3.8) is 0 Å². The maximum atomic E-state index is 6.58. The van der Waals surface area contributed by atoms with Gasteiger partial charge in [-0.05, 0) is 43.1 Å². The van der Waals surface area contributed by atoms with Gasteiger partial charge in [-0.25, -0.2) is 0 Å². The van der Waals surface area contributed by atoms with Gasteiger partial charge in [0.15, 0.2) is 8.32 Å². The summed E-state index contributed by atoms with van der Waals surface area (Å²) in [4.78, 5) is 6.53. The van der Waals surface area contributed by atoms with E-state index in [0.29, 0.717) is 6.10 Å². The largest absolute Gasteiger partial charge is 0.412 e. The second kappa shape index (κ2) is 5.86. The molecule has 4 heteroatoms. The maximum Gasteiger partial charge on any atom is 0.192 e. The van der Waals surface area contributed by atoms with Gasteiger partial charge in [0.25, 0.3) is 0 Å². The molecule has 0 aliphatic carbocycles. The lowest BCUT2D eigenvalue weighted by molar-refractivity contribution is 0.160. The zero-order valence-corrected chi connectivity index (χ0v) is 14.5. The summed E-state index contributed by atoms with van der Waals surface area (Å²) in [7, 11) is -1.66. The van der Waals surface area contributed by atoms with E-state index in [0.717, 1.165) is 13.1 Å². The Hall–Kier alpha value is -0.873. The summed E-state index contributed by atoms with van der Waals surface area (Å²) in [6.45, 7) is 13.8. The quantitative estimate of drug-likeness (QED) is 0.785. The van der Waals surface area contributed by atoms with Gasteiger partial charge in [0.2, 0.25) is 0 Å². The monoisotopic (exact) mass is 292 g/mol. The number of hydrogen-bond donors (Lipinski definition) is 0. The predicted molar refractivity (Wildman–Crippen MR) is 87.8 cm³/mol. The molecule has 1 aromatic heterocycles. The Morgan fingerprint density at radius 1 is 1.25 bits per heavy atom. The Morgan fingerprint density at radius 3 is 2.50 bits per heavy atom. The standard InChI is InChI=1S/C16H28N2OSi/c1-16(2,3)20(4,5)19-15-7-6-12-18(13-15)14-8-10-17-11-9-14/h8-11,15H,6-7,12-13H2,1-5H3. The van der Waals surface area contributed by atoms with Crippen molar-refractivity contribution in [1.29, 1.82) is 0 Å². The first kappa shape index (κ1) is 15.5. The fourth-order valence-electron chi connectivity index (χ4n) is 2.42. The van der Waals surface area contributed by atoms with Gasteiger partial charge >= 0.3 is 0 Å². The molecule has 0 aromatic carbocycles. The molecule has 3 nitrogen and oxygen atoms in total. The van der Waals surface area contributed by atoms with Crippen molar-refractivity contribution in [3.05, 3.63) is 24.5 Å². The van der Waals surface area contributed by atoms with Crippen LogP contribution < -0.4 is 4.90 Å². The van der Waals surface area contributed by atoms with Gasteiger partial charge in [-0.2, -0.15) is 0 Å². The smallest absolute Gasteiger partial charge is 0.192 e. The van der Waals surface area contributed by atoms with Gasteiger partial charge in [0.05, 0.1) is 6.10 Å². The van der Waals surface area contributed by atoms with E-state index in [9.17, 15) is 0 Å². The minimum Gasteiger partial charge on any atom is -0.412 e. The lowest BCUT2D eigenvalue weighted by Crippen LogP contribution is -2.49. The molecule has 1 unspecified atom stereocenters. The highest BCUT2D eigenvalue weighted by atomic mass is 28.4. The van der Waals surface area contributed by atoms with E-state index in [1.165, 1.54) is 18.5 Å². The molecule has 0 amide bonds. The fraction of sp³-hybridized carbons (Fsp3) is 0.688. The Labute approximate surface area is 124 Å². The predicted octanol–water partition coefficient (Wildman–Crippen LogP) is 4.07. The highest BCUT2D eigenvalue weighted by molar-refractivity contribution is 6.74. The van der Waals surface area contributed by atoms with Gasteiger partial charge in [-0.15, -0.1) is 0 Å². The molecule has 0 bridgehead atoms. The molecule has 1 aliphatic heterocycles. The molecule has 0 radical (unpaired) electrons. The van der Waals surface area contributed by atoms with Gasteiger partial charge in [0, 0.05) is 31.2 Å². The molecule has 1 atom stereocenters. The van der Waals surface area contributed by atoms with E-state index in [2.05, 4.69) is 55.9 Å². The first-order valence-electron chi connectivity index (χ1n) is 7.62. The lowest BCUT2D eigenvalue weighted by Gasteiger charge is -2.42. The molecule has 1 aromatic rings. The second-order valence-corrected chi connectivity index (χ2v) is 12.1. The van der Waals surface area contributed by atoms with Crippen LogP contribution in [0.25, 0.3) is 0 Å². The average molecular weight is 292 g/mol. The van der Waals surface area contributed by atoms with Crippen LogP contribution in [-0.2, 0) is 4.43 Å². The van der Waals surface area contributed by atoms with Gasteiger partial charge < -0.3 is 9.33 Å². The SMILES string of the molecule is CC(C)(C)[Si](C)(C)OC1CCCN(c2ccncc2)C1. The number of anilines is 1. The Balaban J connectivity index is 2.01. The fourth-order valence-corrected chi connectivity index (χ4v) is 3.80. The topological polar surface area (TPSA) is 25.4 Å². The van der Waals surface area contributed by atoms with Gasteiger partial charge in [-0.3, -0.25) is 4.98 Å². The molecular weight excluding hydrogens is 264 g/mol.